The van der Waals surface area contributed by atoms with Gasteiger partial charge in [0.2, 0.25) is 5.91 Å². The third-order valence-corrected chi connectivity index (χ3v) is 5.10. The van der Waals surface area contributed by atoms with Crippen LogP contribution < -0.4 is 5.32 Å². The molecule has 0 atom stereocenters. The molecule has 0 unspecified atom stereocenters. The average molecular weight is 334 g/mol. The molecule has 0 spiro atoms. The Morgan fingerprint density at radius 1 is 1.24 bits per heavy atom. The number of thioether (sulfide) groups is 1. The molecule has 106 valence electrons. The van der Waals surface area contributed by atoms with Gasteiger partial charge in [0.15, 0.2) is 9.47 Å². The van der Waals surface area contributed by atoms with Gasteiger partial charge in [0.1, 0.15) is 5.51 Å². The van der Waals surface area contributed by atoms with Gasteiger partial charge in [0.25, 0.3) is 0 Å². The highest BCUT2D eigenvalue weighted by molar-refractivity contribution is 8.01. The van der Waals surface area contributed by atoms with Crippen molar-refractivity contribution in [1.82, 2.24) is 15.2 Å². The SMILES string of the molecule is O=C(CSc1nncs1)Nc1nc(-c2ccccc2)cs1. The zero-order chi connectivity index (χ0) is 14.5. The number of amides is 1. The second-order valence-electron chi connectivity index (χ2n) is 3.95. The van der Waals surface area contributed by atoms with Gasteiger partial charge in [-0.1, -0.05) is 53.4 Å². The van der Waals surface area contributed by atoms with Crippen molar-refractivity contribution in [3.63, 3.8) is 0 Å². The summed E-state index contributed by atoms with van der Waals surface area (Å²) in [6, 6.07) is 9.87. The first-order valence-corrected chi connectivity index (χ1v) is 8.75. The van der Waals surface area contributed by atoms with Gasteiger partial charge in [-0.25, -0.2) is 4.98 Å². The fourth-order valence-corrected chi connectivity index (χ4v) is 3.61. The van der Waals surface area contributed by atoms with Gasteiger partial charge in [-0.15, -0.1) is 21.5 Å². The Hall–Kier alpha value is -1.77. The number of aromatic nitrogens is 3. The van der Waals surface area contributed by atoms with Crippen LogP contribution in [0.1, 0.15) is 0 Å². The van der Waals surface area contributed by atoms with E-state index in [1.807, 2.05) is 35.7 Å². The van der Waals surface area contributed by atoms with Crippen molar-refractivity contribution in [3.05, 3.63) is 41.2 Å². The average Bonchev–Trinajstić information content (AvgIpc) is 3.17. The molecule has 0 bridgehead atoms. The second kappa shape index (κ2) is 6.79. The normalized spacial score (nSPS) is 10.5. The molecule has 8 heteroatoms. The topological polar surface area (TPSA) is 67.8 Å². The summed E-state index contributed by atoms with van der Waals surface area (Å²) in [6.45, 7) is 0. The number of carbonyl (C=O) groups is 1. The van der Waals surface area contributed by atoms with Crippen molar-refractivity contribution >= 4 is 45.5 Å². The standard InChI is InChI=1S/C13H10N4OS3/c18-11(7-20-13-17-14-8-21-13)16-12-15-10(6-19-12)9-4-2-1-3-5-9/h1-6,8H,7H2,(H,15,16,18). The largest absolute Gasteiger partial charge is 0.301 e. The van der Waals surface area contributed by atoms with Crippen molar-refractivity contribution in [2.45, 2.75) is 4.34 Å². The van der Waals surface area contributed by atoms with E-state index >= 15 is 0 Å². The van der Waals surface area contributed by atoms with Crippen molar-refractivity contribution in [2.75, 3.05) is 11.1 Å². The van der Waals surface area contributed by atoms with Crippen molar-refractivity contribution < 1.29 is 4.79 Å². The minimum absolute atomic E-state index is 0.0934. The molecule has 0 fully saturated rings. The Bertz CT molecular complexity index is 712. The smallest absolute Gasteiger partial charge is 0.236 e. The highest BCUT2D eigenvalue weighted by Crippen LogP contribution is 2.25. The first-order valence-electron chi connectivity index (χ1n) is 6.01. The maximum atomic E-state index is 11.8. The van der Waals surface area contributed by atoms with Crippen LogP contribution in [0.2, 0.25) is 0 Å². The van der Waals surface area contributed by atoms with Crippen LogP contribution in [-0.2, 0) is 4.79 Å². The monoisotopic (exact) mass is 334 g/mol. The van der Waals surface area contributed by atoms with E-state index < -0.39 is 0 Å². The van der Waals surface area contributed by atoms with E-state index in [4.69, 9.17) is 0 Å². The van der Waals surface area contributed by atoms with Gasteiger partial charge in [0, 0.05) is 10.9 Å². The second-order valence-corrected chi connectivity index (χ2v) is 6.86. The molecule has 1 N–H and O–H groups in total. The Morgan fingerprint density at radius 2 is 2.10 bits per heavy atom. The van der Waals surface area contributed by atoms with E-state index in [-0.39, 0.29) is 5.91 Å². The molecule has 0 aliphatic carbocycles. The summed E-state index contributed by atoms with van der Waals surface area (Å²) < 4.78 is 0.786. The summed E-state index contributed by atoms with van der Waals surface area (Å²) in [5, 5.41) is 12.9. The summed E-state index contributed by atoms with van der Waals surface area (Å²) in [4.78, 5) is 16.3. The summed E-state index contributed by atoms with van der Waals surface area (Å²) in [5.74, 6) is 0.208. The van der Waals surface area contributed by atoms with E-state index in [1.54, 1.807) is 5.51 Å². The van der Waals surface area contributed by atoms with E-state index in [1.165, 1.54) is 34.4 Å². The molecule has 0 saturated heterocycles. The van der Waals surface area contributed by atoms with Crippen LogP contribution in [0.25, 0.3) is 11.3 Å². The molecule has 1 aromatic carbocycles. The molecule has 21 heavy (non-hydrogen) atoms. The zero-order valence-electron chi connectivity index (χ0n) is 10.7. The molecule has 1 amide bonds. The predicted octanol–water partition coefficient (Wildman–Crippen LogP) is 3.39. The number of carbonyl (C=O) groups excluding carboxylic acids is 1. The molecule has 0 aliphatic rings. The van der Waals surface area contributed by atoms with Gasteiger partial charge in [-0.3, -0.25) is 4.79 Å². The van der Waals surface area contributed by atoms with Crippen LogP contribution in [0.5, 0.6) is 0 Å². The van der Waals surface area contributed by atoms with Crippen LogP contribution in [-0.4, -0.2) is 26.8 Å². The van der Waals surface area contributed by atoms with E-state index in [2.05, 4.69) is 20.5 Å². The summed E-state index contributed by atoms with van der Waals surface area (Å²) >= 11 is 4.21. The van der Waals surface area contributed by atoms with Gasteiger partial charge >= 0.3 is 0 Å². The molecule has 3 aromatic rings. The lowest BCUT2D eigenvalue weighted by Crippen LogP contribution is -2.13. The molecule has 3 rings (SSSR count). The number of hydrogen-bond donors (Lipinski definition) is 1. The van der Waals surface area contributed by atoms with Gasteiger partial charge < -0.3 is 5.32 Å². The van der Waals surface area contributed by atoms with Crippen LogP contribution in [0.15, 0.2) is 45.6 Å². The number of thiazole rings is 1. The maximum absolute atomic E-state index is 11.8. The molecular weight excluding hydrogens is 324 g/mol. The van der Waals surface area contributed by atoms with Gasteiger partial charge in [-0.2, -0.15) is 0 Å². The third-order valence-electron chi connectivity index (χ3n) is 2.49. The molecule has 5 nitrogen and oxygen atoms in total. The first-order chi connectivity index (χ1) is 10.3. The summed E-state index contributed by atoms with van der Waals surface area (Å²) in [6.07, 6.45) is 0. The Kier molecular flexibility index (Phi) is 4.59. The molecule has 2 heterocycles. The Balaban J connectivity index is 1.58. The maximum Gasteiger partial charge on any atom is 0.236 e. The number of benzene rings is 1. The lowest BCUT2D eigenvalue weighted by molar-refractivity contribution is -0.113. The van der Waals surface area contributed by atoms with Crippen molar-refractivity contribution in [2.24, 2.45) is 0 Å². The minimum Gasteiger partial charge on any atom is -0.301 e. The predicted molar refractivity (Wildman–Crippen MR) is 86.8 cm³/mol. The highest BCUT2D eigenvalue weighted by atomic mass is 32.2. The van der Waals surface area contributed by atoms with Crippen molar-refractivity contribution in [3.8, 4) is 11.3 Å². The summed E-state index contributed by atoms with van der Waals surface area (Å²) in [7, 11) is 0. The van der Waals surface area contributed by atoms with Crippen LogP contribution in [0, 0.1) is 0 Å². The third kappa shape index (κ3) is 3.87. The quantitative estimate of drug-likeness (QED) is 0.724. The fraction of sp³-hybridized carbons (Fsp3) is 0.0769. The molecule has 0 saturated carbocycles. The lowest BCUT2D eigenvalue weighted by atomic mass is 10.2. The molecule has 2 aromatic heterocycles. The Morgan fingerprint density at radius 3 is 2.86 bits per heavy atom. The van der Waals surface area contributed by atoms with Gasteiger partial charge in [-0.05, 0) is 0 Å². The molecule has 0 aliphatic heterocycles. The highest BCUT2D eigenvalue weighted by Gasteiger charge is 2.09. The lowest BCUT2D eigenvalue weighted by Gasteiger charge is -1.99. The van der Waals surface area contributed by atoms with Crippen LogP contribution in [0.4, 0.5) is 5.13 Å². The number of nitrogens with zero attached hydrogens (tertiary/aromatic N) is 3. The number of nitrogens with one attached hydrogen (secondary N) is 1. The number of anilines is 1. The van der Waals surface area contributed by atoms with Crippen molar-refractivity contribution in [1.29, 1.82) is 0 Å². The first kappa shape index (κ1) is 14.2. The number of rotatable bonds is 5. The van der Waals surface area contributed by atoms with Crippen LogP contribution in [0.3, 0.4) is 0 Å². The summed E-state index contributed by atoms with van der Waals surface area (Å²) in [5.41, 5.74) is 3.55. The Labute approximate surface area is 133 Å². The van der Waals surface area contributed by atoms with E-state index in [9.17, 15) is 4.79 Å². The number of hydrogen-bond acceptors (Lipinski definition) is 7. The zero-order valence-corrected chi connectivity index (χ0v) is 13.2. The molecule has 0 radical (unpaired) electrons. The molecular formula is C13H10N4OS3. The van der Waals surface area contributed by atoms with Gasteiger partial charge in [0.05, 0.1) is 11.4 Å². The minimum atomic E-state index is -0.0934. The fourth-order valence-electron chi connectivity index (χ4n) is 1.58. The van der Waals surface area contributed by atoms with E-state index in [0.29, 0.717) is 10.9 Å². The van der Waals surface area contributed by atoms with Crippen LogP contribution >= 0.6 is 34.4 Å². The van der Waals surface area contributed by atoms with E-state index in [0.717, 1.165) is 15.6 Å².